The molecule has 226 valence electrons. The molecule has 0 aliphatic carbocycles. The first-order chi connectivity index (χ1) is 20.7. The smallest absolute Gasteiger partial charge is 0.416 e. The number of alkyl halides is 3. The van der Waals surface area contributed by atoms with E-state index in [1.165, 1.54) is 6.07 Å². The lowest BCUT2D eigenvalue weighted by atomic mass is 9.75. The highest BCUT2D eigenvalue weighted by atomic mass is 19.4. The summed E-state index contributed by atoms with van der Waals surface area (Å²) in [5.41, 5.74) is 2.91. The van der Waals surface area contributed by atoms with Gasteiger partial charge in [0.15, 0.2) is 11.5 Å². The average Bonchev–Trinajstić information content (AvgIpc) is 3.01. The van der Waals surface area contributed by atoms with E-state index in [0.29, 0.717) is 80.7 Å². The van der Waals surface area contributed by atoms with Gasteiger partial charge >= 0.3 is 6.18 Å². The zero-order chi connectivity index (χ0) is 30.3. The normalized spacial score (nSPS) is 19.8. The predicted octanol–water partition coefficient (Wildman–Crippen LogP) is 5.69. The van der Waals surface area contributed by atoms with Gasteiger partial charge in [-0.25, -0.2) is 0 Å². The van der Waals surface area contributed by atoms with Crippen molar-refractivity contribution in [3.05, 3.63) is 88.5 Å². The number of hydrogen-bond acceptors (Lipinski definition) is 5. The van der Waals surface area contributed by atoms with Crippen molar-refractivity contribution in [2.45, 2.75) is 38.4 Å². The van der Waals surface area contributed by atoms with Gasteiger partial charge < -0.3 is 24.2 Å². The van der Waals surface area contributed by atoms with Gasteiger partial charge in [0, 0.05) is 44.0 Å². The van der Waals surface area contributed by atoms with Gasteiger partial charge in [-0.1, -0.05) is 24.3 Å². The fourth-order valence-corrected chi connectivity index (χ4v) is 6.60. The summed E-state index contributed by atoms with van der Waals surface area (Å²) in [6, 6.07) is 16.0. The van der Waals surface area contributed by atoms with Gasteiger partial charge in [0.25, 0.3) is 5.91 Å². The quantitative estimate of drug-likeness (QED) is 0.368. The largest absolute Gasteiger partial charge is 0.490 e. The van der Waals surface area contributed by atoms with E-state index >= 15 is 0 Å². The maximum atomic E-state index is 14.5. The number of benzene rings is 3. The molecule has 43 heavy (non-hydrogen) atoms. The van der Waals surface area contributed by atoms with Crippen LogP contribution in [0.3, 0.4) is 0 Å². The summed E-state index contributed by atoms with van der Waals surface area (Å²) in [5, 5.41) is 0. The first-order valence-corrected chi connectivity index (χ1v) is 14.7. The van der Waals surface area contributed by atoms with Crippen molar-refractivity contribution in [1.29, 1.82) is 0 Å². The van der Waals surface area contributed by atoms with Crippen molar-refractivity contribution in [2.24, 2.45) is 0 Å². The van der Waals surface area contributed by atoms with Gasteiger partial charge in [-0.2, -0.15) is 13.2 Å². The van der Waals surface area contributed by atoms with Crippen LogP contribution in [0.4, 0.5) is 18.9 Å². The van der Waals surface area contributed by atoms with Crippen LogP contribution < -0.4 is 14.4 Å². The van der Waals surface area contributed by atoms with E-state index < -0.39 is 23.7 Å². The molecule has 7 nitrogen and oxygen atoms in total. The second kappa shape index (κ2) is 11.5. The number of carbonyl (C=O) groups is 2. The minimum atomic E-state index is -4.42. The Balaban J connectivity index is 1.33. The number of carbonyl (C=O) groups excluding carboxylic acids is 2. The molecule has 0 bridgehead atoms. The maximum absolute atomic E-state index is 14.5. The van der Waals surface area contributed by atoms with Crippen molar-refractivity contribution in [2.75, 3.05) is 50.8 Å². The second-order valence-corrected chi connectivity index (χ2v) is 11.0. The minimum Gasteiger partial charge on any atom is -0.490 e. The second-order valence-electron chi connectivity index (χ2n) is 11.0. The number of amides is 2. The third kappa shape index (κ3) is 5.28. The zero-order valence-corrected chi connectivity index (χ0v) is 24.2. The Morgan fingerprint density at radius 3 is 2.26 bits per heavy atom. The van der Waals surface area contributed by atoms with Crippen molar-refractivity contribution in [3.63, 3.8) is 0 Å². The number of piperazine rings is 1. The lowest BCUT2D eigenvalue weighted by Crippen LogP contribution is -2.54. The molecule has 3 aliphatic heterocycles. The molecule has 3 heterocycles. The summed E-state index contributed by atoms with van der Waals surface area (Å²) < 4.78 is 51.7. The van der Waals surface area contributed by atoms with Crippen molar-refractivity contribution < 1.29 is 32.2 Å². The molecule has 0 spiro atoms. The standard InChI is InChI=1S/C33H34F3N3O4/c1-3-42-27-18-21-12-13-39-30(26(21)20-28(27)43-4-2)29(24-10-5-6-11-25(24)31(39)40)32(41)38-16-14-37(15-17-38)23-9-7-8-22(19-23)33(34,35)36/h5-11,18-20,29-30H,3-4,12-17H2,1-2H3. The molecule has 1 saturated heterocycles. The lowest BCUT2D eigenvalue weighted by Gasteiger charge is -2.47. The van der Waals surface area contributed by atoms with Crippen molar-refractivity contribution in [1.82, 2.24) is 9.80 Å². The maximum Gasteiger partial charge on any atom is 0.416 e. The minimum absolute atomic E-state index is 0.0988. The van der Waals surface area contributed by atoms with Crippen LogP contribution in [-0.4, -0.2) is 67.6 Å². The number of hydrogen-bond donors (Lipinski definition) is 0. The third-order valence-corrected chi connectivity index (χ3v) is 8.58. The van der Waals surface area contributed by atoms with E-state index in [9.17, 15) is 22.8 Å². The van der Waals surface area contributed by atoms with Crippen LogP contribution in [0.25, 0.3) is 0 Å². The lowest BCUT2D eigenvalue weighted by molar-refractivity contribution is -0.137. The molecule has 0 radical (unpaired) electrons. The van der Waals surface area contributed by atoms with E-state index in [2.05, 4.69) is 0 Å². The Kier molecular flexibility index (Phi) is 7.70. The van der Waals surface area contributed by atoms with Crippen LogP contribution in [-0.2, 0) is 17.4 Å². The Labute approximate surface area is 248 Å². The zero-order valence-electron chi connectivity index (χ0n) is 24.2. The van der Waals surface area contributed by atoms with Crippen LogP contribution in [0.1, 0.15) is 58.4 Å². The highest BCUT2D eigenvalue weighted by Crippen LogP contribution is 2.49. The van der Waals surface area contributed by atoms with Gasteiger partial charge in [0.1, 0.15) is 0 Å². The van der Waals surface area contributed by atoms with Gasteiger partial charge in [0.2, 0.25) is 5.91 Å². The monoisotopic (exact) mass is 593 g/mol. The number of nitrogens with zero attached hydrogens (tertiary/aromatic N) is 3. The van der Waals surface area contributed by atoms with Crippen LogP contribution in [0.15, 0.2) is 60.7 Å². The van der Waals surface area contributed by atoms with Crippen LogP contribution >= 0.6 is 0 Å². The third-order valence-electron chi connectivity index (χ3n) is 8.58. The van der Waals surface area contributed by atoms with Gasteiger partial charge in [-0.3, -0.25) is 9.59 Å². The highest BCUT2D eigenvalue weighted by Gasteiger charge is 2.48. The molecule has 0 saturated carbocycles. The summed E-state index contributed by atoms with van der Waals surface area (Å²) in [6.07, 6.45) is -3.80. The Bertz CT molecular complexity index is 1530. The van der Waals surface area contributed by atoms with Gasteiger partial charge in [0.05, 0.1) is 30.7 Å². The highest BCUT2D eigenvalue weighted by molar-refractivity contribution is 6.01. The number of rotatable bonds is 6. The average molecular weight is 594 g/mol. The van der Waals surface area contributed by atoms with Gasteiger partial charge in [-0.05, 0) is 73.4 Å². The van der Waals surface area contributed by atoms with E-state index in [0.717, 1.165) is 23.3 Å². The molecule has 0 aromatic heterocycles. The molecule has 2 amide bonds. The Hall–Kier alpha value is -4.21. The molecule has 3 aromatic carbocycles. The van der Waals surface area contributed by atoms with Gasteiger partial charge in [-0.15, -0.1) is 0 Å². The van der Waals surface area contributed by atoms with E-state index in [4.69, 9.17) is 9.47 Å². The fourth-order valence-electron chi connectivity index (χ4n) is 6.60. The van der Waals surface area contributed by atoms with E-state index in [-0.39, 0.29) is 11.8 Å². The van der Waals surface area contributed by atoms with Crippen LogP contribution in [0, 0.1) is 0 Å². The molecule has 2 atom stereocenters. The van der Waals surface area contributed by atoms with Crippen molar-refractivity contribution >= 4 is 17.5 Å². The van der Waals surface area contributed by atoms with Crippen LogP contribution in [0.2, 0.25) is 0 Å². The van der Waals surface area contributed by atoms with E-state index in [1.54, 1.807) is 17.0 Å². The van der Waals surface area contributed by atoms with E-state index in [1.807, 2.05) is 54.0 Å². The predicted molar refractivity (Wildman–Crippen MR) is 156 cm³/mol. The molecule has 2 unspecified atom stereocenters. The van der Waals surface area contributed by atoms with Crippen molar-refractivity contribution in [3.8, 4) is 11.5 Å². The fraction of sp³-hybridized carbons (Fsp3) is 0.394. The summed E-state index contributed by atoms with van der Waals surface area (Å²) in [5.74, 6) is 0.389. The first-order valence-electron chi connectivity index (χ1n) is 14.7. The number of fused-ring (bicyclic) bond motifs is 4. The Morgan fingerprint density at radius 2 is 1.56 bits per heavy atom. The summed E-state index contributed by atoms with van der Waals surface area (Å²) in [7, 11) is 0. The molecular formula is C33H34F3N3O4. The number of anilines is 1. The Morgan fingerprint density at radius 1 is 0.860 bits per heavy atom. The molecular weight excluding hydrogens is 559 g/mol. The topological polar surface area (TPSA) is 62.3 Å². The summed E-state index contributed by atoms with van der Waals surface area (Å²) >= 11 is 0. The molecule has 3 aliphatic rings. The molecule has 1 fully saturated rings. The molecule has 6 rings (SSSR count). The first kappa shape index (κ1) is 28.9. The number of ether oxygens (including phenoxy) is 2. The van der Waals surface area contributed by atoms with Crippen LogP contribution in [0.5, 0.6) is 11.5 Å². The number of halogens is 3. The summed E-state index contributed by atoms with van der Waals surface area (Å²) in [6.45, 7) is 6.71. The molecule has 0 N–H and O–H groups in total. The SMILES string of the molecule is CCOc1cc2c(cc1OCC)C1C(C(=O)N3CCN(c4cccc(C(F)(F)F)c4)CC3)c3ccccc3C(=O)N1CC2. The summed E-state index contributed by atoms with van der Waals surface area (Å²) in [4.78, 5) is 33.7. The molecule has 3 aromatic rings. The molecule has 10 heteroatoms.